The molecule has 1 aliphatic carbocycles. The summed E-state index contributed by atoms with van der Waals surface area (Å²) in [6.45, 7) is 12.6. The zero-order chi connectivity index (χ0) is 26.5. The third kappa shape index (κ3) is 4.91. The van der Waals surface area contributed by atoms with Crippen LogP contribution in [0, 0.1) is 0 Å². The monoisotopic (exact) mass is 547 g/mol. The summed E-state index contributed by atoms with van der Waals surface area (Å²) in [4.78, 5) is 7.41. The molecule has 3 heterocycles. The number of nitrogens with one attached hydrogen (secondary N) is 1. The Kier molecular flexibility index (Phi) is 6.63. The summed E-state index contributed by atoms with van der Waals surface area (Å²) in [6.07, 6.45) is 4.58. The van der Waals surface area contributed by atoms with Gasteiger partial charge in [0.15, 0.2) is 16.6 Å². The SMILES string of the molecule is CC1(C)CCC(C)(C)c2cc(-c3csc(C4CCN(C(=S)Nc5ccc6c(c5)OCCO6)CC4)n3)ccc21. The number of nitrogens with zero attached hydrogens (tertiary/aromatic N) is 2. The van der Waals surface area contributed by atoms with Gasteiger partial charge in [0.25, 0.3) is 0 Å². The van der Waals surface area contributed by atoms with Crippen molar-refractivity contribution in [3.63, 3.8) is 0 Å². The number of thiocarbonyl (C=S) groups is 1. The van der Waals surface area contributed by atoms with Crippen molar-refractivity contribution in [1.29, 1.82) is 0 Å². The van der Waals surface area contributed by atoms with Gasteiger partial charge >= 0.3 is 0 Å². The van der Waals surface area contributed by atoms with Crippen LogP contribution in [0.2, 0.25) is 0 Å². The Morgan fingerprint density at radius 2 is 1.66 bits per heavy atom. The molecule has 7 heteroatoms. The maximum Gasteiger partial charge on any atom is 0.173 e. The third-order valence-corrected chi connectivity index (χ3v) is 9.96. The highest BCUT2D eigenvalue weighted by molar-refractivity contribution is 7.80. The van der Waals surface area contributed by atoms with Gasteiger partial charge in [-0.25, -0.2) is 4.98 Å². The highest BCUT2D eigenvalue weighted by Crippen LogP contribution is 2.47. The van der Waals surface area contributed by atoms with Crippen LogP contribution < -0.4 is 14.8 Å². The van der Waals surface area contributed by atoms with Crippen molar-refractivity contribution in [1.82, 2.24) is 9.88 Å². The van der Waals surface area contributed by atoms with Crippen LogP contribution in [0.5, 0.6) is 11.5 Å². The molecule has 1 saturated heterocycles. The molecule has 0 unspecified atom stereocenters. The fourth-order valence-electron chi connectivity index (χ4n) is 6.01. The lowest BCUT2D eigenvalue weighted by atomic mass is 9.63. The van der Waals surface area contributed by atoms with Gasteiger partial charge in [0.2, 0.25) is 0 Å². The van der Waals surface area contributed by atoms with Crippen LogP contribution in [0.1, 0.15) is 75.4 Å². The van der Waals surface area contributed by atoms with E-state index in [0.29, 0.717) is 19.1 Å². The van der Waals surface area contributed by atoms with E-state index in [1.807, 2.05) is 29.5 Å². The Balaban J connectivity index is 1.10. The van der Waals surface area contributed by atoms with Crippen LogP contribution in [-0.2, 0) is 10.8 Å². The van der Waals surface area contributed by atoms with Gasteiger partial charge in [-0.3, -0.25) is 0 Å². The van der Waals surface area contributed by atoms with Crippen molar-refractivity contribution in [3.05, 3.63) is 57.9 Å². The van der Waals surface area contributed by atoms with Gasteiger partial charge in [-0.1, -0.05) is 39.8 Å². The van der Waals surface area contributed by atoms with Gasteiger partial charge in [-0.2, -0.15) is 0 Å². The quantitative estimate of drug-likeness (QED) is 0.343. The third-order valence-electron chi connectivity index (χ3n) is 8.60. The molecule has 3 aliphatic rings. The van der Waals surface area contributed by atoms with Crippen LogP contribution in [-0.4, -0.2) is 41.3 Å². The molecule has 0 bridgehead atoms. The predicted octanol–water partition coefficient (Wildman–Crippen LogP) is 7.51. The molecule has 1 N–H and O–H groups in total. The van der Waals surface area contributed by atoms with Crippen molar-refractivity contribution < 1.29 is 9.47 Å². The number of likely N-dealkylation sites (tertiary alicyclic amines) is 1. The second-order valence-electron chi connectivity index (χ2n) is 12.1. The van der Waals surface area contributed by atoms with Crippen molar-refractivity contribution in [3.8, 4) is 22.8 Å². The Morgan fingerprint density at radius 1 is 0.947 bits per heavy atom. The van der Waals surface area contributed by atoms with Crippen molar-refractivity contribution >= 4 is 34.4 Å². The minimum absolute atomic E-state index is 0.207. The summed E-state index contributed by atoms with van der Waals surface area (Å²) in [6, 6.07) is 13.0. The first-order valence-corrected chi connectivity index (χ1v) is 15.0. The molecule has 38 heavy (non-hydrogen) atoms. The number of thiazole rings is 1. The average molecular weight is 548 g/mol. The largest absolute Gasteiger partial charge is 0.486 e. The average Bonchev–Trinajstić information content (AvgIpc) is 3.42. The van der Waals surface area contributed by atoms with E-state index >= 15 is 0 Å². The molecule has 0 amide bonds. The number of rotatable bonds is 3. The number of benzene rings is 2. The Bertz CT molecular complexity index is 1350. The van der Waals surface area contributed by atoms with Crippen LogP contribution in [0.15, 0.2) is 41.8 Å². The number of fused-ring (bicyclic) bond motifs is 2. The fraction of sp³-hybridized carbons (Fsp3) is 0.484. The smallest absolute Gasteiger partial charge is 0.173 e. The number of ether oxygens (including phenoxy) is 2. The summed E-state index contributed by atoms with van der Waals surface area (Å²) < 4.78 is 11.3. The lowest BCUT2D eigenvalue weighted by molar-refractivity contribution is 0.171. The number of hydrogen-bond donors (Lipinski definition) is 1. The molecule has 1 aromatic heterocycles. The lowest BCUT2D eigenvalue weighted by Gasteiger charge is -2.42. The first-order chi connectivity index (χ1) is 18.2. The molecule has 200 valence electrons. The topological polar surface area (TPSA) is 46.6 Å². The van der Waals surface area contributed by atoms with Crippen molar-refractivity contribution in [2.45, 2.75) is 70.1 Å². The summed E-state index contributed by atoms with van der Waals surface area (Å²) in [5, 5.41) is 7.65. The maximum absolute atomic E-state index is 5.75. The number of hydrogen-bond acceptors (Lipinski definition) is 5. The molecule has 1 fully saturated rings. The minimum Gasteiger partial charge on any atom is -0.486 e. The highest BCUT2D eigenvalue weighted by atomic mass is 32.1. The molecule has 0 spiro atoms. The first-order valence-electron chi connectivity index (χ1n) is 13.8. The molecule has 2 aromatic carbocycles. The summed E-state index contributed by atoms with van der Waals surface area (Å²) in [5.41, 5.74) is 6.74. The first kappa shape index (κ1) is 25.6. The molecule has 2 aliphatic heterocycles. The highest BCUT2D eigenvalue weighted by Gasteiger charge is 2.37. The van der Waals surface area contributed by atoms with Gasteiger partial charge in [-0.15, -0.1) is 11.3 Å². The zero-order valence-corrected chi connectivity index (χ0v) is 24.4. The van der Waals surface area contributed by atoms with Crippen LogP contribution in [0.3, 0.4) is 0 Å². The predicted molar refractivity (Wildman–Crippen MR) is 160 cm³/mol. The van der Waals surface area contributed by atoms with Crippen LogP contribution in [0.4, 0.5) is 5.69 Å². The summed E-state index contributed by atoms with van der Waals surface area (Å²) >= 11 is 7.56. The molecule has 0 saturated carbocycles. The molecule has 3 aromatic rings. The zero-order valence-electron chi connectivity index (χ0n) is 22.8. The Labute approximate surface area is 235 Å². The summed E-state index contributed by atoms with van der Waals surface area (Å²) in [7, 11) is 0. The normalized spacial score (nSPS) is 20.1. The van der Waals surface area contributed by atoms with Gasteiger partial charge in [-0.05, 0) is 78.1 Å². The molecule has 0 atom stereocenters. The Hall–Kier alpha value is -2.64. The van der Waals surface area contributed by atoms with E-state index in [9.17, 15) is 0 Å². The second-order valence-corrected chi connectivity index (χ2v) is 13.4. The fourth-order valence-corrected chi connectivity index (χ4v) is 7.31. The number of anilines is 1. The minimum atomic E-state index is 0.207. The van der Waals surface area contributed by atoms with E-state index < -0.39 is 0 Å². The summed E-state index contributed by atoms with van der Waals surface area (Å²) in [5.74, 6) is 2.04. The van der Waals surface area contributed by atoms with E-state index in [1.165, 1.54) is 34.5 Å². The van der Waals surface area contributed by atoms with Gasteiger partial charge < -0.3 is 19.7 Å². The lowest BCUT2D eigenvalue weighted by Crippen LogP contribution is -2.40. The van der Waals surface area contributed by atoms with Gasteiger partial charge in [0.1, 0.15) is 13.2 Å². The number of aromatic nitrogens is 1. The van der Waals surface area contributed by atoms with E-state index in [1.54, 1.807) is 0 Å². The van der Waals surface area contributed by atoms with Gasteiger partial charge in [0, 0.05) is 41.7 Å². The van der Waals surface area contributed by atoms with E-state index in [-0.39, 0.29) is 10.8 Å². The van der Waals surface area contributed by atoms with Crippen LogP contribution >= 0.6 is 23.6 Å². The molecule has 5 nitrogen and oxygen atoms in total. The Morgan fingerprint density at radius 3 is 2.42 bits per heavy atom. The molecule has 0 radical (unpaired) electrons. The van der Waals surface area contributed by atoms with E-state index in [0.717, 1.165) is 53.9 Å². The standard InChI is InChI=1S/C31H37N3O2S2/c1-30(2)11-12-31(3,4)24-17-21(5-7-23(24)30)25-19-38-28(33-25)20-9-13-34(14-10-20)29(37)32-22-6-8-26-27(18-22)36-16-15-35-26/h5-8,17-20H,9-16H2,1-4H3,(H,32,37). The molecular weight excluding hydrogens is 510 g/mol. The van der Waals surface area contributed by atoms with E-state index in [2.05, 4.69) is 61.5 Å². The van der Waals surface area contributed by atoms with Crippen molar-refractivity contribution in [2.24, 2.45) is 0 Å². The number of piperidine rings is 1. The van der Waals surface area contributed by atoms with Crippen LogP contribution in [0.25, 0.3) is 11.3 Å². The van der Waals surface area contributed by atoms with Crippen molar-refractivity contribution in [2.75, 3.05) is 31.6 Å². The van der Waals surface area contributed by atoms with Gasteiger partial charge in [0.05, 0.1) is 10.7 Å². The van der Waals surface area contributed by atoms with E-state index in [4.69, 9.17) is 26.7 Å². The second kappa shape index (κ2) is 9.83. The maximum atomic E-state index is 5.75. The molecule has 6 rings (SSSR count). The molecular formula is C31H37N3O2S2.